The van der Waals surface area contributed by atoms with Crippen molar-refractivity contribution >= 4 is 80.1 Å². The minimum atomic E-state index is -1.03. The zero-order valence-corrected chi connectivity index (χ0v) is 18.7. The van der Waals surface area contributed by atoms with Crippen LogP contribution in [0.25, 0.3) is 17.2 Å². The fourth-order valence-electron chi connectivity index (χ4n) is 2.22. The molecule has 3 rings (SSSR count). The quantitative estimate of drug-likeness (QED) is 0.226. The minimum absolute atomic E-state index is 0.132. The van der Waals surface area contributed by atoms with E-state index in [9.17, 15) is 9.90 Å². The Morgan fingerprint density at radius 3 is 2.62 bits per heavy atom. The lowest BCUT2D eigenvalue weighted by Crippen LogP contribution is -1.99. The van der Waals surface area contributed by atoms with Gasteiger partial charge in [-0.05, 0) is 99.8 Å². The fraction of sp³-hybridized carbons (Fsp3) is 0.111. The first-order valence-electron chi connectivity index (χ1n) is 7.58. The van der Waals surface area contributed by atoms with Gasteiger partial charge in [0.2, 0.25) is 0 Å². The summed E-state index contributed by atoms with van der Waals surface area (Å²) in [5, 5.41) is 9.86. The fourth-order valence-corrected chi connectivity index (χ4v) is 5.09. The maximum Gasteiger partial charge on any atom is 0.342 e. The molecule has 0 aliphatic carbocycles. The van der Waals surface area contributed by atoms with Crippen LogP contribution in [-0.2, 0) is 4.79 Å². The summed E-state index contributed by atoms with van der Waals surface area (Å²) in [6.45, 7) is 2.51. The summed E-state index contributed by atoms with van der Waals surface area (Å²) in [5.74, 6) is -0.217. The number of nitrogens with zero attached hydrogens (tertiary/aromatic N) is 1. The van der Waals surface area contributed by atoms with Crippen molar-refractivity contribution in [2.45, 2.75) is 12.1 Å². The third kappa shape index (κ3) is 4.52. The molecule has 0 bridgehead atoms. The normalized spacial score (nSPS) is 11.7. The molecule has 0 aliphatic heterocycles. The smallest absolute Gasteiger partial charge is 0.342 e. The summed E-state index contributed by atoms with van der Waals surface area (Å²) in [4.78, 5) is 16.1. The van der Waals surface area contributed by atoms with Gasteiger partial charge in [-0.2, -0.15) is 0 Å². The van der Waals surface area contributed by atoms with Crippen LogP contribution in [0.5, 0.6) is 5.75 Å². The van der Waals surface area contributed by atoms with E-state index >= 15 is 0 Å². The van der Waals surface area contributed by atoms with Gasteiger partial charge in [-0.3, -0.25) is 0 Å². The highest BCUT2D eigenvalue weighted by Gasteiger charge is 2.16. The Bertz CT molecular complexity index is 944. The van der Waals surface area contributed by atoms with Gasteiger partial charge in [0.05, 0.1) is 13.7 Å². The number of hydrogen-bond donors (Lipinski definition) is 1. The first-order chi connectivity index (χ1) is 12.5. The molecule has 5 nitrogen and oxygen atoms in total. The summed E-state index contributed by atoms with van der Waals surface area (Å²) in [6.07, 6.45) is 1.61. The number of rotatable bonds is 6. The van der Waals surface area contributed by atoms with Crippen molar-refractivity contribution in [3.63, 3.8) is 0 Å². The molecule has 26 heavy (non-hydrogen) atoms. The van der Waals surface area contributed by atoms with Gasteiger partial charge in [-0.15, -0.1) is 0 Å². The van der Waals surface area contributed by atoms with Crippen LogP contribution in [0.2, 0.25) is 0 Å². The molecule has 0 aliphatic rings. The van der Waals surface area contributed by atoms with Crippen molar-refractivity contribution in [2.75, 3.05) is 6.61 Å². The molecular formula is C18H13I2NO4S. The topological polar surface area (TPSA) is 72.6 Å². The van der Waals surface area contributed by atoms with Crippen LogP contribution >= 0.6 is 56.9 Å². The number of halogens is 2. The first-order valence-corrected chi connectivity index (χ1v) is 10.6. The molecule has 3 aromatic rings. The number of carboxylic acids is 1. The summed E-state index contributed by atoms with van der Waals surface area (Å²) in [7, 11) is 0. The number of fused-ring (bicyclic) bond motifs is 1. The number of carboxylic acid groups (broad SMARTS) is 1. The maximum atomic E-state index is 11.7. The van der Waals surface area contributed by atoms with Crippen molar-refractivity contribution in [1.82, 2.24) is 4.98 Å². The summed E-state index contributed by atoms with van der Waals surface area (Å²) in [5.41, 5.74) is 2.11. The molecule has 1 aromatic heterocycles. The van der Waals surface area contributed by atoms with Gasteiger partial charge in [0.15, 0.2) is 5.58 Å². The molecule has 0 radical (unpaired) electrons. The molecule has 1 N–H and O–H groups in total. The average molecular weight is 593 g/mol. The molecule has 8 heteroatoms. The van der Waals surface area contributed by atoms with Crippen LogP contribution in [0.15, 0.2) is 50.9 Å². The van der Waals surface area contributed by atoms with Crippen molar-refractivity contribution in [3.8, 4) is 5.75 Å². The van der Waals surface area contributed by atoms with E-state index in [4.69, 9.17) is 9.15 Å². The minimum Gasteiger partial charge on any atom is -0.492 e. The molecule has 0 atom stereocenters. The van der Waals surface area contributed by atoms with Crippen LogP contribution in [0, 0.1) is 7.14 Å². The van der Waals surface area contributed by atoms with E-state index in [0.717, 1.165) is 30.2 Å². The van der Waals surface area contributed by atoms with Crippen LogP contribution in [0.3, 0.4) is 0 Å². The molecule has 0 amide bonds. The number of hydrogen-bond acceptors (Lipinski definition) is 5. The van der Waals surface area contributed by atoms with E-state index in [1.54, 1.807) is 12.1 Å². The van der Waals surface area contributed by atoms with E-state index in [1.807, 2.05) is 37.3 Å². The Balaban J connectivity index is 1.93. The molecule has 0 fully saturated rings. The number of aliphatic carboxylic acids is 1. The third-order valence-corrected chi connectivity index (χ3v) is 5.75. The predicted octanol–water partition coefficient (Wildman–Crippen LogP) is 5.65. The average Bonchev–Trinajstić information content (AvgIpc) is 3.00. The van der Waals surface area contributed by atoms with Gasteiger partial charge in [0, 0.05) is 0 Å². The second-order valence-corrected chi connectivity index (χ2v) is 8.43. The van der Waals surface area contributed by atoms with E-state index in [1.165, 1.54) is 0 Å². The first kappa shape index (κ1) is 19.5. The van der Waals surface area contributed by atoms with Gasteiger partial charge in [0.25, 0.3) is 5.22 Å². The van der Waals surface area contributed by atoms with Gasteiger partial charge >= 0.3 is 5.97 Å². The number of oxazole rings is 1. The van der Waals surface area contributed by atoms with Crippen LogP contribution < -0.4 is 4.74 Å². The lowest BCUT2D eigenvalue weighted by Gasteiger charge is -2.09. The van der Waals surface area contributed by atoms with Crippen molar-refractivity contribution in [2.24, 2.45) is 0 Å². The molecule has 0 spiro atoms. The molecule has 2 aromatic carbocycles. The third-order valence-electron chi connectivity index (χ3n) is 3.29. The van der Waals surface area contributed by atoms with Crippen LogP contribution in [0.1, 0.15) is 12.5 Å². The summed E-state index contributed by atoms with van der Waals surface area (Å²) in [6, 6.07) is 11.1. The van der Waals surface area contributed by atoms with Gasteiger partial charge < -0.3 is 14.3 Å². The maximum absolute atomic E-state index is 11.7. The van der Waals surface area contributed by atoms with Crippen LogP contribution in [-0.4, -0.2) is 22.7 Å². The van der Waals surface area contributed by atoms with E-state index in [0.29, 0.717) is 22.9 Å². The number of aromatic nitrogens is 1. The molecule has 0 saturated heterocycles. The zero-order valence-electron chi connectivity index (χ0n) is 13.5. The predicted molar refractivity (Wildman–Crippen MR) is 119 cm³/mol. The number of para-hydroxylation sites is 2. The zero-order chi connectivity index (χ0) is 18.7. The Morgan fingerprint density at radius 2 is 2.00 bits per heavy atom. The highest BCUT2D eigenvalue weighted by Crippen LogP contribution is 2.33. The van der Waals surface area contributed by atoms with Crippen molar-refractivity contribution in [3.05, 3.63) is 54.0 Å². The van der Waals surface area contributed by atoms with Gasteiger partial charge in [0.1, 0.15) is 16.2 Å². The number of thioether (sulfide) groups is 1. The summed E-state index contributed by atoms with van der Waals surface area (Å²) >= 11 is 5.37. The highest BCUT2D eigenvalue weighted by molar-refractivity contribution is 14.1. The SMILES string of the molecule is CCOc1c(I)cc(/C=C(\Sc2nc3ccccc3o2)C(=O)O)cc1I. The Hall–Kier alpha value is -1.27. The Labute approximate surface area is 181 Å². The second-order valence-electron chi connectivity index (χ2n) is 5.11. The largest absolute Gasteiger partial charge is 0.492 e. The lowest BCUT2D eigenvalue weighted by molar-refractivity contribution is -0.131. The number of ether oxygens (including phenoxy) is 1. The molecular weight excluding hydrogens is 580 g/mol. The monoisotopic (exact) mass is 593 g/mol. The lowest BCUT2D eigenvalue weighted by atomic mass is 10.2. The summed E-state index contributed by atoms with van der Waals surface area (Å²) < 4.78 is 13.1. The van der Waals surface area contributed by atoms with E-state index < -0.39 is 5.97 Å². The van der Waals surface area contributed by atoms with E-state index in [-0.39, 0.29) is 4.91 Å². The Kier molecular flexibility index (Phi) is 6.46. The second kappa shape index (κ2) is 8.61. The molecule has 1 heterocycles. The van der Waals surface area contributed by atoms with Crippen molar-refractivity contribution < 1.29 is 19.1 Å². The molecule has 0 saturated carbocycles. The highest BCUT2D eigenvalue weighted by atomic mass is 127. The van der Waals surface area contributed by atoms with Crippen molar-refractivity contribution in [1.29, 1.82) is 0 Å². The van der Waals surface area contributed by atoms with Crippen LogP contribution in [0.4, 0.5) is 0 Å². The van der Waals surface area contributed by atoms with E-state index in [2.05, 4.69) is 50.2 Å². The van der Waals surface area contributed by atoms with Gasteiger partial charge in [-0.1, -0.05) is 12.1 Å². The van der Waals surface area contributed by atoms with Gasteiger partial charge in [-0.25, -0.2) is 9.78 Å². The molecule has 134 valence electrons. The number of benzene rings is 2. The Morgan fingerprint density at radius 1 is 1.31 bits per heavy atom. The molecule has 0 unspecified atom stereocenters. The number of carbonyl (C=O) groups is 1. The standard InChI is InChI=1S/C18H13I2NO4S/c1-2-24-16-11(19)7-10(8-12(16)20)9-15(17(22)23)26-18-21-13-5-3-4-6-14(13)25-18/h3-9H,2H2,1H3,(H,22,23)/b15-9-.